The van der Waals surface area contributed by atoms with Crippen LogP contribution in [0.1, 0.15) is 26.7 Å². The van der Waals surface area contributed by atoms with Crippen LogP contribution in [0.3, 0.4) is 0 Å². The third-order valence-corrected chi connectivity index (χ3v) is 3.68. The smallest absolute Gasteiger partial charge is 0.134 e. The molecular weight excluding hydrogens is 250 g/mol. The van der Waals surface area contributed by atoms with Crippen LogP contribution in [0.15, 0.2) is 18.2 Å². The first-order valence-corrected chi connectivity index (χ1v) is 6.80. The molecule has 0 amide bonds. The summed E-state index contributed by atoms with van der Waals surface area (Å²) in [6.45, 7) is 5.17. The minimum Gasteiger partial charge on any atom is -0.506 e. The van der Waals surface area contributed by atoms with E-state index in [1.807, 2.05) is 6.07 Å². The van der Waals surface area contributed by atoms with Crippen LogP contribution in [-0.4, -0.2) is 23.9 Å². The normalized spacial score (nSPS) is 24.2. The Morgan fingerprint density at radius 1 is 1.44 bits per heavy atom. The Morgan fingerprint density at radius 2 is 2.22 bits per heavy atom. The number of hydrogen-bond acceptors (Lipinski definition) is 3. The summed E-state index contributed by atoms with van der Waals surface area (Å²) < 4.78 is 5.74. The molecule has 2 unspecified atom stereocenters. The summed E-state index contributed by atoms with van der Waals surface area (Å²) in [6, 6.07) is 5.63. The second kappa shape index (κ2) is 5.81. The van der Waals surface area contributed by atoms with Crippen LogP contribution in [0.25, 0.3) is 0 Å². The number of halogens is 1. The number of benzene rings is 1. The van der Waals surface area contributed by atoms with E-state index in [2.05, 4.69) is 19.2 Å². The van der Waals surface area contributed by atoms with Gasteiger partial charge in [0.05, 0.1) is 11.1 Å². The van der Waals surface area contributed by atoms with Crippen molar-refractivity contribution >= 4 is 17.3 Å². The first-order valence-electron chi connectivity index (χ1n) is 6.43. The number of nitrogens with one attached hydrogen (secondary N) is 1. The lowest BCUT2D eigenvalue weighted by Crippen LogP contribution is -2.36. The molecule has 2 N–H and O–H groups in total. The van der Waals surface area contributed by atoms with Crippen LogP contribution in [0, 0.1) is 5.92 Å². The fourth-order valence-corrected chi connectivity index (χ4v) is 2.44. The van der Waals surface area contributed by atoms with Crippen molar-refractivity contribution in [1.82, 2.24) is 0 Å². The number of hydrogen-bond donors (Lipinski definition) is 2. The fraction of sp³-hybridized carbons (Fsp3) is 0.571. The lowest BCUT2D eigenvalue weighted by molar-refractivity contribution is -0.0160. The average Bonchev–Trinajstić information content (AvgIpc) is 2.34. The van der Waals surface area contributed by atoms with Gasteiger partial charge in [-0.25, -0.2) is 0 Å². The summed E-state index contributed by atoms with van der Waals surface area (Å²) in [5.41, 5.74) is 0.951. The third-order valence-electron chi connectivity index (χ3n) is 3.38. The molecule has 1 aromatic carbocycles. The second-order valence-corrected chi connectivity index (χ2v) is 5.59. The predicted octanol–water partition coefficient (Wildman–Crippen LogP) is 3.66. The lowest BCUT2D eigenvalue weighted by Gasteiger charge is -2.33. The van der Waals surface area contributed by atoms with E-state index in [1.54, 1.807) is 12.1 Å². The van der Waals surface area contributed by atoms with Crippen molar-refractivity contribution in [1.29, 1.82) is 0 Å². The molecule has 1 saturated heterocycles. The summed E-state index contributed by atoms with van der Waals surface area (Å²) in [7, 11) is 0. The zero-order chi connectivity index (χ0) is 13.1. The molecule has 0 radical (unpaired) electrons. The van der Waals surface area contributed by atoms with Crippen molar-refractivity contribution in [2.75, 3.05) is 11.9 Å². The van der Waals surface area contributed by atoms with Crippen LogP contribution in [0.5, 0.6) is 5.75 Å². The molecule has 100 valence electrons. The largest absolute Gasteiger partial charge is 0.506 e. The average molecular weight is 270 g/mol. The van der Waals surface area contributed by atoms with Crippen molar-refractivity contribution in [2.24, 2.45) is 5.92 Å². The number of phenolic OH excluding ortho intramolecular Hbond substituents is 1. The molecule has 1 aromatic rings. The highest BCUT2D eigenvalue weighted by Crippen LogP contribution is 2.28. The third kappa shape index (κ3) is 3.30. The first-order chi connectivity index (χ1) is 8.56. The number of aromatic hydroxyl groups is 1. The van der Waals surface area contributed by atoms with E-state index < -0.39 is 0 Å². The summed E-state index contributed by atoms with van der Waals surface area (Å²) in [5, 5.41) is 13.2. The van der Waals surface area contributed by atoms with Gasteiger partial charge in [-0.15, -0.1) is 0 Å². The van der Waals surface area contributed by atoms with Gasteiger partial charge >= 0.3 is 0 Å². The van der Waals surface area contributed by atoms with E-state index >= 15 is 0 Å². The Labute approximate surface area is 113 Å². The number of anilines is 1. The molecule has 1 aliphatic rings. The van der Waals surface area contributed by atoms with Gasteiger partial charge in [-0.3, -0.25) is 0 Å². The Kier molecular flexibility index (Phi) is 4.36. The van der Waals surface area contributed by atoms with Crippen LogP contribution < -0.4 is 5.32 Å². The quantitative estimate of drug-likeness (QED) is 0.823. The highest BCUT2D eigenvalue weighted by Gasteiger charge is 2.24. The fourth-order valence-electron chi connectivity index (χ4n) is 2.26. The zero-order valence-corrected chi connectivity index (χ0v) is 11.6. The first kappa shape index (κ1) is 13.5. The molecular formula is C14H20ClNO2. The summed E-state index contributed by atoms with van der Waals surface area (Å²) >= 11 is 5.90. The molecule has 3 nitrogen and oxygen atoms in total. The Bertz CT molecular complexity index is 409. The molecule has 2 atom stereocenters. The molecule has 0 aliphatic carbocycles. The number of phenols is 1. The van der Waals surface area contributed by atoms with Crippen molar-refractivity contribution in [3.8, 4) is 5.75 Å². The van der Waals surface area contributed by atoms with E-state index in [-0.39, 0.29) is 5.75 Å². The molecule has 1 aliphatic heterocycles. The maximum atomic E-state index is 9.38. The number of rotatable bonds is 3. The van der Waals surface area contributed by atoms with Gasteiger partial charge in [0.1, 0.15) is 5.75 Å². The Morgan fingerprint density at radius 3 is 2.89 bits per heavy atom. The Hall–Kier alpha value is -0.930. The predicted molar refractivity (Wildman–Crippen MR) is 74.3 cm³/mol. The SMILES string of the molecule is CC(C)C1CC(Nc2ccc(O)c(Cl)c2)CCO1. The van der Waals surface area contributed by atoms with Crippen molar-refractivity contribution in [3.63, 3.8) is 0 Å². The van der Waals surface area contributed by atoms with Crippen molar-refractivity contribution in [3.05, 3.63) is 23.2 Å². The van der Waals surface area contributed by atoms with Crippen LogP contribution in [0.2, 0.25) is 5.02 Å². The van der Waals surface area contributed by atoms with E-state index in [1.165, 1.54) is 0 Å². The molecule has 18 heavy (non-hydrogen) atoms. The molecule has 4 heteroatoms. The Balaban J connectivity index is 1.98. The van der Waals surface area contributed by atoms with Crippen LogP contribution in [0.4, 0.5) is 5.69 Å². The van der Waals surface area contributed by atoms with Crippen LogP contribution in [-0.2, 0) is 4.74 Å². The summed E-state index contributed by atoms with van der Waals surface area (Å²) in [5.74, 6) is 0.659. The van der Waals surface area contributed by atoms with Gasteiger partial charge in [0.25, 0.3) is 0 Å². The van der Waals surface area contributed by atoms with Crippen molar-refractivity contribution in [2.45, 2.75) is 38.8 Å². The van der Waals surface area contributed by atoms with Gasteiger partial charge in [-0.05, 0) is 37.0 Å². The van der Waals surface area contributed by atoms with E-state index in [0.29, 0.717) is 23.1 Å². The molecule has 0 bridgehead atoms. The van der Waals surface area contributed by atoms with Crippen molar-refractivity contribution < 1.29 is 9.84 Å². The van der Waals surface area contributed by atoms with E-state index in [4.69, 9.17) is 16.3 Å². The monoisotopic (exact) mass is 269 g/mol. The van der Waals surface area contributed by atoms with Gasteiger partial charge in [0.15, 0.2) is 0 Å². The number of ether oxygens (including phenoxy) is 1. The summed E-state index contributed by atoms with van der Waals surface area (Å²) in [4.78, 5) is 0. The molecule has 1 heterocycles. The van der Waals surface area contributed by atoms with Gasteiger partial charge in [0, 0.05) is 18.3 Å². The highest BCUT2D eigenvalue weighted by molar-refractivity contribution is 6.32. The van der Waals surface area contributed by atoms with Crippen LogP contribution >= 0.6 is 11.6 Å². The summed E-state index contributed by atoms with van der Waals surface area (Å²) in [6.07, 6.45) is 2.33. The zero-order valence-electron chi connectivity index (χ0n) is 10.8. The van der Waals surface area contributed by atoms with E-state index in [0.717, 1.165) is 25.1 Å². The van der Waals surface area contributed by atoms with Gasteiger partial charge in [0.2, 0.25) is 0 Å². The molecule has 0 saturated carbocycles. The van der Waals surface area contributed by atoms with E-state index in [9.17, 15) is 5.11 Å². The maximum absolute atomic E-state index is 9.38. The van der Waals surface area contributed by atoms with Gasteiger partial charge < -0.3 is 15.2 Å². The molecule has 0 aromatic heterocycles. The molecule has 2 rings (SSSR count). The second-order valence-electron chi connectivity index (χ2n) is 5.19. The highest BCUT2D eigenvalue weighted by atomic mass is 35.5. The minimum absolute atomic E-state index is 0.120. The molecule has 0 spiro atoms. The van der Waals surface area contributed by atoms with Gasteiger partial charge in [-0.1, -0.05) is 25.4 Å². The van der Waals surface area contributed by atoms with Gasteiger partial charge in [-0.2, -0.15) is 0 Å². The standard InChI is InChI=1S/C14H20ClNO2/c1-9(2)14-8-11(5-6-18-14)16-10-3-4-13(17)12(15)7-10/h3-4,7,9,11,14,16-17H,5-6,8H2,1-2H3. The lowest BCUT2D eigenvalue weighted by atomic mass is 9.95. The topological polar surface area (TPSA) is 41.5 Å². The minimum atomic E-state index is 0.120. The molecule has 1 fully saturated rings. The maximum Gasteiger partial charge on any atom is 0.134 e.